The van der Waals surface area contributed by atoms with Crippen LogP contribution >= 0.6 is 0 Å². The predicted molar refractivity (Wildman–Crippen MR) is 67.6 cm³/mol. The summed E-state index contributed by atoms with van der Waals surface area (Å²) in [4.78, 5) is 16.4. The van der Waals surface area contributed by atoms with Crippen LogP contribution in [0.4, 0.5) is 5.69 Å². The Morgan fingerprint density at radius 2 is 2.47 bits per heavy atom. The van der Waals surface area contributed by atoms with E-state index in [4.69, 9.17) is 5.73 Å². The van der Waals surface area contributed by atoms with Crippen molar-refractivity contribution < 1.29 is 4.79 Å². The second kappa shape index (κ2) is 4.84. The molecule has 4 heteroatoms. The van der Waals surface area contributed by atoms with Gasteiger partial charge in [-0.15, -0.1) is 0 Å². The molecule has 0 bridgehead atoms. The molecule has 2 heterocycles. The highest BCUT2D eigenvalue weighted by atomic mass is 16.1. The Morgan fingerprint density at radius 1 is 1.65 bits per heavy atom. The van der Waals surface area contributed by atoms with Crippen molar-refractivity contribution in [2.75, 3.05) is 18.8 Å². The molecular weight excluding hydrogens is 214 g/mol. The molecule has 0 saturated carbocycles. The second-order valence-corrected chi connectivity index (χ2v) is 4.74. The maximum absolute atomic E-state index is 12.4. The molecule has 1 unspecified atom stereocenters. The Bertz CT molecular complexity index is 411. The molecule has 0 aliphatic carbocycles. The number of rotatable bonds is 4. The van der Waals surface area contributed by atoms with Gasteiger partial charge in [0.05, 0.1) is 0 Å². The van der Waals surface area contributed by atoms with Crippen molar-refractivity contribution in [3.05, 3.63) is 24.0 Å². The minimum atomic E-state index is -0.192. The largest absolute Gasteiger partial charge is 0.398 e. The number of hydrogen-bond acceptors (Lipinski definition) is 4. The SMILES string of the molecule is CCC1(C(=O)Cc2cnccc2N)CCNC1. The number of nitrogens with zero attached hydrogens (tertiary/aromatic N) is 1. The van der Waals surface area contributed by atoms with Crippen LogP contribution in [0.1, 0.15) is 25.3 Å². The summed E-state index contributed by atoms with van der Waals surface area (Å²) >= 11 is 0. The summed E-state index contributed by atoms with van der Waals surface area (Å²) < 4.78 is 0. The first-order chi connectivity index (χ1) is 8.18. The Hall–Kier alpha value is -1.42. The molecule has 0 radical (unpaired) electrons. The van der Waals surface area contributed by atoms with Crippen LogP contribution in [0.2, 0.25) is 0 Å². The molecule has 3 N–H and O–H groups in total. The fourth-order valence-electron chi connectivity index (χ4n) is 2.43. The van der Waals surface area contributed by atoms with Gasteiger partial charge in [0.2, 0.25) is 0 Å². The monoisotopic (exact) mass is 233 g/mol. The van der Waals surface area contributed by atoms with Crippen LogP contribution in [0.5, 0.6) is 0 Å². The van der Waals surface area contributed by atoms with E-state index in [1.165, 1.54) is 0 Å². The van der Waals surface area contributed by atoms with E-state index < -0.39 is 0 Å². The number of nitrogens with two attached hydrogens (primary N) is 1. The van der Waals surface area contributed by atoms with Crippen molar-refractivity contribution in [3.63, 3.8) is 0 Å². The molecule has 2 rings (SSSR count). The van der Waals surface area contributed by atoms with E-state index in [1.807, 2.05) is 0 Å². The average molecular weight is 233 g/mol. The maximum Gasteiger partial charge on any atom is 0.144 e. The van der Waals surface area contributed by atoms with Crippen molar-refractivity contribution in [2.24, 2.45) is 5.41 Å². The van der Waals surface area contributed by atoms with Crippen LogP contribution in [-0.4, -0.2) is 23.9 Å². The number of Topliss-reactive ketones (excluding diaryl/α,β-unsaturated/α-hetero) is 1. The summed E-state index contributed by atoms with van der Waals surface area (Å²) in [5, 5.41) is 3.28. The fourth-order valence-corrected chi connectivity index (χ4v) is 2.43. The molecular formula is C13H19N3O. The lowest BCUT2D eigenvalue weighted by molar-refractivity contribution is -0.127. The highest BCUT2D eigenvalue weighted by Crippen LogP contribution is 2.32. The number of aromatic nitrogens is 1. The Morgan fingerprint density at radius 3 is 3.06 bits per heavy atom. The number of nitrogen functional groups attached to an aromatic ring is 1. The van der Waals surface area contributed by atoms with E-state index in [9.17, 15) is 4.79 Å². The molecule has 1 aromatic heterocycles. The number of carbonyl (C=O) groups excluding carboxylic acids is 1. The third-order valence-corrected chi connectivity index (χ3v) is 3.80. The minimum absolute atomic E-state index is 0.192. The molecule has 0 spiro atoms. The first-order valence-corrected chi connectivity index (χ1v) is 6.10. The van der Waals surface area contributed by atoms with Gasteiger partial charge < -0.3 is 11.1 Å². The van der Waals surface area contributed by atoms with Gasteiger partial charge in [0.15, 0.2) is 0 Å². The highest BCUT2D eigenvalue weighted by Gasteiger charge is 2.38. The predicted octanol–water partition coefficient (Wildman–Crippen LogP) is 1.17. The third kappa shape index (κ3) is 2.31. The molecule has 1 aromatic rings. The van der Waals surface area contributed by atoms with E-state index in [-0.39, 0.29) is 11.2 Å². The van der Waals surface area contributed by atoms with Crippen molar-refractivity contribution in [1.29, 1.82) is 0 Å². The van der Waals surface area contributed by atoms with Crippen molar-refractivity contribution in [2.45, 2.75) is 26.2 Å². The van der Waals surface area contributed by atoms with E-state index in [2.05, 4.69) is 17.2 Å². The van der Waals surface area contributed by atoms with Crippen molar-refractivity contribution in [1.82, 2.24) is 10.3 Å². The van der Waals surface area contributed by atoms with Crippen molar-refractivity contribution >= 4 is 11.5 Å². The zero-order valence-electron chi connectivity index (χ0n) is 10.2. The van der Waals surface area contributed by atoms with Gasteiger partial charge in [-0.2, -0.15) is 0 Å². The lowest BCUT2D eigenvalue weighted by Crippen LogP contribution is -2.34. The number of hydrogen-bond donors (Lipinski definition) is 2. The molecule has 0 amide bonds. The molecule has 92 valence electrons. The van der Waals surface area contributed by atoms with E-state index >= 15 is 0 Å². The number of anilines is 1. The molecule has 1 saturated heterocycles. The molecule has 1 fully saturated rings. The van der Waals surface area contributed by atoms with Gasteiger partial charge in [0.25, 0.3) is 0 Å². The Balaban J connectivity index is 2.14. The van der Waals surface area contributed by atoms with E-state index in [0.717, 1.165) is 31.5 Å². The molecule has 17 heavy (non-hydrogen) atoms. The second-order valence-electron chi connectivity index (χ2n) is 4.74. The fraction of sp³-hybridized carbons (Fsp3) is 0.538. The average Bonchev–Trinajstić information content (AvgIpc) is 2.82. The number of ketones is 1. The maximum atomic E-state index is 12.4. The normalized spacial score (nSPS) is 23.8. The first kappa shape index (κ1) is 12.0. The molecule has 1 aliphatic heterocycles. The summed E-state index contributed by atoms with van der Waals surface area (Å²) in [6.45, 7) is 3.81. The zero-order valence-corrected chi connectivity index (χ0v) is 10.2. The van der Waals surface area contributed by atoms with Crippen LogP contribution in [0, 0.1) is 5.41 Å². The standard InChI is InChI=1S/C13H19N3O/c1-2-13(4-6-16-9-13)12(17)7-10-8-15-5-3-11(10)14/h3,5,8,16H,2,4,6-7,9H2,1H3,(H2,14,15). The number of carbonyl (C=O) groups is 1. The summed E-state index contributed by atoms with van der Waals surface area (Å²) in [7, 11) is 0. The lowest BCUT2D eigenvalue weighted by Gasteiger charge is -2.25. The van der Waals surface area contributed by atoms with Crippen molar-refractivity contribution in [3.8, 4) is 0 Å². The van der Waals surface area contributed by atoms with Crippen LogP contribution in [0.25, 0.3) is 0 Å². The van der Waals surface area contributed by atoms with E-state index in [0.29, 0.717) is 12.1 Å². The van der Waals surface area contributed by atoms with Crippen LogP contribution in [0.3, 0.4) is 0 Å². The van der Waals surface area contributed by atoms with Gasteiger partial charge in [0.1, 0.15) is 5.78 Å². The quantitative estimate of drug-likeness (QED) is 0.819. The smallest absolute Gasteiger partial charge is 0.144 e. The molecule has 4 nitrogen and oxygen atoms in total. The summed E-state index contributed by atoms with van der Waals surface area (Å²) in [6.07, 6.45) is 5.56. The lowest BCUT2D eigenvalue weighted by atomic mass is 9.78. The van der Waals surface area contributed by atoms with Gasteiger partial charge in [-0.1, -0.05) is 6.92 Å². The van der Waals surface area contributed by atoms with Crippen LogP contribution < -0.4 is 11.1 Å². The zero-order chi connectivity index (χ0) is 12.3. The van der Waals surface area contributed by atoms with Crippen LogP contribution in [-0.2, 0) is 11.2 Å². The minimum Gasteiger partial charge on any atom is -0.398 e. The topological polar surface area (TPSA) is 68.0 Å². The van der Waals surface area contributed by atoms with Gasteiger partial charge in [-0.05, 0) is 25.5 Å². The third-order valence-electron chi connectivity index (χ3n) is 3.80. The van der Waals surface area contributed by atoms with Gasteiger partial charge in [0, 0.05) is 42.0 Å². The van der Waals surface area contributed by atoms with Gasteiger partial charge >= 0.3 is 0 Å². The summed E-state index contributed by atoms with van der Waals surface area (Å²) in [5.74, 6) is 0.282. The van der Waals surface area contributed by atoms with Crippen LogP contribution in [0.15, 0.2) is 18.5 Å². The highest BCUT2D eigenvalue weighted by molar-refractivity contribution is 5.88. The number of pyridine rings is 1. The van der Waals surface area contributed by atoms with Gasteiger partial charge in [-0.25, -0.2) is 0 Å². The molecule has 0 aromatic carbocycles. The number of nitrogens with one attached hydrogen (secondary N) is 1. The van der Waals surface area contributed by atoms with Gasteiger partial charge in [-0.3, -0.25) is 9.78 Å². The summed E-state index contributed by atoms with van der Waals surface area (Å²) in [6, 6.07) is 1.74. The Labute approximate surface area is 102 Å². The first-order valence-electron chi connectivity index (χ1n) is 6.10. The molecule has 1 aliphatic rings. The molecule has 1 atom stereocenters. The Kier molecular flexibility index (Phi) is 3.43. The summed E-state index contributed by atoms with van der Waals surface area (Å²) in [5.41, 5.74) is 7.15. The van der Waals surface area contributed by atoms with E-state index in [1.54, 1.807) is 18.5 Å².